The molecule has 0 radical (unpaired) electrons. The average Bonchev–Trinajstić information content (AvgIpc) is 2.90. The smallest absolute Gasteiger partial charge is 0.0719 e. The Bertz CT molecular complexity index is 403. The maximum absolute atomic E-state index is 5.66. The zero-order valence-electron chi connectivity index (χ0n) is 11.6. The molecule has 0 fully saturated rings. The van der Waals surface area contributed by atoms with Crippen LogP contribution in [0.15, 0.2) is 24.3 Å². The van der Waals surface area contributed by atoms with Crippen molar-refractivity contribution in [3.05, 3.63) is 24.3 Å². The van der Waals surface area contributed by atoms with Crippen LogP contribution in [0.2, 0.25) is 0 Å². The molecule has 0 aromatic rings. The highest BCUT2D eigenvalue weighted by Crippen LogP contribution is 2.32. The average molecular weight is 245 g/mol. The van der Waals surface area contributed by atoms with Gasteiger partial charge in [0.2, 0.25) is 0 Å². The lowest BCUT2D eigenvalue weighted by atomic mass is 10.1. The third-order valence-corrected chi connectivity index (χ3v) is 2.24. The van der Waals surface area contributed by atoms with Crippen LogP contribution in [0, 0.1) is 11.8 Å². The minimum Gasteiger partial charge on any atom is -0.380 e. The molecule has 0 saturated carbocycles. The number of ether oxygens (including phenoxy) is 1. The van der Waals surface area contributed by atoms with Gasteiger partial charge in [0.1, 0.15) is 0 Å². The van der Waals surface area contributed by atoms with Crippen LogP contribution in [0.5, 0.6) is 0 Å². The van der Waals surface area contributed by atoms with E-state index in [2.05, 4.69) is 43.0 Å². The van der Waals surface area contributed by atoms with E-state index in [1.165, 1.54) is 11.1 Å². The number of hydrogen-bond acceptors (Lipinski definition) is 2. The standard InChI is InChI=1S/C10H19NO.C6H4/c1-4-8-12-9-6-5-7-10(2,3)11;1-2-5-4-6(5)3-1/h4,6,8-9,11H2,1-3H3;1-4H. The van der Waals surface area contributed by atoms with Crippen molar-refractivity contribution in [3.63, 3.8) is 0 Å². The Morgan fingerprint density at radius 1 is 1.22 bits per heavy atom. The Labute approximate surface area is 111 Å². The van der Waals surface area contributed by atoms with Crippen molar-refractivity contribution in [1.29, 1.82) is 0 Å². The van der Waals surface area contributed by atoms with Crippen LogP contribution in [-0.4, -0.2) is 18.8 Å². The van der Waals surface area contributed by atoms with Gasteiger partial charge in [-0.05, 0) is 37.5 Å². The lowest BCUT2D eigenvalue weighted by Crippen LogP contribution is -2.29. The summed E-state index contributed by atoms with van der Waals surface area (Å²) >= 11 is 0. The summed E-state index contributed by atoms with van der Waals surface area (Å²) in [6.45, 7) is 7.43. The zero-order valence-corrected chi connectivity index (χ0v) is 11.6. The lowest BCUT2D eigenvalue weighted by molar-refractivity contribution is 0.140. The maximum Gasteiger partial charge on any atom is 0.0719 e. The summed E-state index contributed by atoms with van der Waals surface area (Å²) in [5.74, 6) is 5.93. The second-order valence-corrected chi connectivity index (χ2v) is 4.97. The summed E-state index contributed by atoms with van der Waals surface area (Å²) in [6.07, 6.45) is 1.84. The van der Waals surface area contributed by atoms with Gasteiger partial charge in [0.25, 0.3) is 0 Å². The Morgan fingerprint density at radius 3 is 2.28 bits per heavy atom. The Balaban J connectivity index is 0.000000217. The van der Waals surface area contributed by atoms with E-state index < -0.39 is 0 Å². The molecule has 2 aliphatic rings. The van der Waals surface area contributed by atoms with Gasteiger partial charge in [-0.1, -0.05) is 37.0 Å². The van der Waals surface area contributed by atoms with Gasteiger partial charge < -0.3 is 10.5 Å². The van der Waals surface area contributed by atoms with E-state index in [1.807, 2.05) is 13.8 Å². The quantitative estimate of drug-likeness (QED) is 0.663. The van der Waals surface area contributed by atoms with E-state index in [9.17, 15) is 0 Å². The van der Waals surface area contributed by atoms with Crippen molar-refractivity contribution in [2.75, 3.05) is 13.2 Å². The Morgan fingerprint density at radius 2 is 1.89 bits per heavy atom. The molecular formula is C16H23NO. The van der Waals surface area contributed by atoms with Crippen molar-refractivity contribution < 1.29 is 4.74 Å². The summed E-state index contributed by atoms with van der Waals surface area (Å²) in [5, 5.41) is 0. The highest BCUT2D eigenvalue weighted by Gasteiger charge is 2.07. The summed E-state index contributed by atoms with van der Waals surface area (Å²) in [5.41, 5.74) is 8.14. The molecule has 0 saturated heterocycles. The van der Waals surface area contributed by atoms with Crippen LogP contribution in [0.4, 0.5) is 0 Å². The van der Waals surface area contributed by atoms with Crippen LogP contribution in [-0.2, 0) is 4.74 Å². The van der Waals surface area contributed by atoms with Gasteiger partial charge in [0.15, 0.2) is 0 Å². The van der Waals surface area contributed by atoms with E-state index >= 15 is 0 Å². The van der Waals surface area contributed by atoms with Crippen LogP contribution < -0.4 is 5.73 Å². The first-order chi connectivity index (χ1) is 8.53. The van der Waals surface area contributed by atoms with Gasteiger partial charge in [0, 0.05) is 13.0 Å². The summed E-state index contributed by atoms with van der Waals surface area (Å²) in [7, 11) is 0. The number of rotatable bonds is 4. The lowest BCUT2D eigenvalue weighted by Gasteiger charge is -2.07. The first-order valence-electron chi connectivity index (χ1n) is 6.50. The number of hydrogen-bond donors (Lipinski definition) is 1. The molecule has 0 aliphatic heterocycles. The fourth-order valence-corrected chi connectivity index (χ4v) is 1.34. The number of fused-ring (bicyclic) bond motifs is 1. The van der Waals surface area contributed by atoms with Crippen LogP contribution in [0.3, 0.4) is 0 Å². The molecule has 0 aromatic carbocycles. The van der Waals surface area contributed by atoms with Crippen molar-refractivity contribution in [2.24, 2.45) is 5.73 Å². The van der Waals surface area contributed by atoms with Crippen molar-refractivity contribution >= 4 is 0 Å². The third-order valence-electron chi connectivity index (χ3n) is 2.24. The molecule has 18 heavy (non-hydrogen) atoms. The SMILES string of the molecule is CCCOCCC#CC(C)(C)N.c1cc2cc-2c1. The monoisotopic (exact) mass is 245 g/mol. The van der Waals surface area contributed by atoms with Gasteiger partial charge in [-0.15, -0.1) is 0 Å². The topological polar surface area (TPSA) is 35.2 Å². The predicted molar refractivity (Wildman–Crippen MR) is 77.2 cm³/mol. The molecule has 2 rings (SSSR count). The van der Waals surface area contributed by atoms with Crippen LogP contribution in [0.25, 0.3) is 11.1 Å². The first kappa shape index (κ1) is 14.8. The minimum absolute atomic E-state index is 0.370. The van der Waals surface area contributed by atoms with Gasteiger partial charge >= 0.3 is 0 Å². The largest absolute Gasteiger partial charge is 0.380 e. The molecule has 2 aliphatic carbocycles. The first-order valence-corrected chi connectivity index (χ1v) is 6.50. The molecule has 0 spiro atoms. The second-order valence-electron chi connectivity index (χ2n) is 4.97. The summed E-state index contributed by atoms with van der Waals surface area (Å²) < 4.78 is 5.25. The van der Waals surface area contributed by atoms with E-state index in [0.717, 1.165) is 26.1 Å². The van der Waals surface area contributed by atoms with E-state index in [-0.39, 0.29) is 5.54 Å². The van der Waals surface area contributed by atoms with Crippen molar-refractivity contribution in [3.8, 4) is 23.0 Å². The molecule has 2 N–H and O–H groups in total. The molecule has 2 heteroatoms. The molecule has 0 amide bonds. The second kappa shape index (κ2) is 7.20. The van der Waals surface area contributed by atoms with Crippen LogP contribution >= 0.6 is 0 Å². The molecule has 0 heterocycles. The Hall–Kier alpha value is -1.30. The molecule has 2 nitrogen and oxygen atoms in total. The predicted octanol–water partition coefficient (Wildman–Crippen LogP) is 3.21. The fourth-order valence-electron chi connectivity index (χ4n) is 1.34. The van der Waals surface area contributed by atoms with E-state index in [4.69, 9.17) is 10.5 Å². The molecule has 0 aromatic heterocycles. The van der Waals surface area contributed by atoms with Gasteiger partial charge in [-0.25, -0.2) is 0 Å². The Kier molecular flexibility index (Phi) is 5.91. The molecule has 0 bridgehead atoms. The van der Waals surface area contributed by atoms with Gasteiger partial charge in [-0.2, -0.15) is 0 Å². The highest BCUT2D eigenvalue weighted by atomic mass is 16.5. The van der Waals surface area contributed by atoms with Gasteiger partial charge in [-0.3, -0.25) is 0 Å². The fraction of sp³-hybridized carbons (Fsp3) is 0.500. The molecule has 0 atom stereocenters. The highest BCUT2D eigenvalue weighted by molar-refractivity contribution is 5.80. The maximum atomic E-state index is 5.66. The summed E-state index contributed by atoms with van der Waals surface area (Å²) in [4.78, 5) is 0. The van der Waals surface area contributed by atoms with E-state index in [0.29, 0.717) is 0 Å². The molecular weight excluding hydrogens is 222 g/mol. The van der Waals surface area contributed by atoms with E-state index in [1.54, 1.807) is 0 Å². The van der Waals surface area contributed by atoms with Gasteiger partial charge in [0.05, 0.1) is 12.1 Å². The van der Waals surface area contributed by atoms with Crippen molar-refractivity contribution in [2.45, 2.75) is 39.2 Å². The number of nitrogens with two attached hydrogens (primary N) is 1. The minimum atomic E-state index is -0.370. The zero-order chi connectivity index (χ0) is 13.4. The van der Waals surface area contributed by atoms with Crippen molar-refractivity contribution in [1.82, 2.24) is 0 Å². The normalized spacial score (nSPS) is 10.9. The van der Waals surface area contributed by atoms with Crippen LogP contribution in [0.1, 0.15) is 33.6 Å². The summed E-state index contributed by atoms with van der Waals surface area (Å²) in [6, 6.07) is 8.48. The number of benzene rings is 1. The molecule has 98 valence electrons. The third kappa shape index (κ3) is 7.11. The molecule has 0 unspecified atom stereocenters.